The van der Waals surface area contributed by atoms with Gasteiger partial charge in [-0.1, -0.05) is 27.5 Å². The Bertz CT molecular complexity index is 600. The number of halogens is 3. The number of rotatable bonds is 4. The summed E-state index contributed by atoms with van der Waals surface area (Å²) >= 11 is 14.4. The minimum absolute atomic E-state index is 0.151. The van der Waals surface area contributed by atoms with Gasteiger partial charge in [-0.3, -0.25) is 4.79 Å². The van der Waals surface area contributed by atoms with Crippen molar-refractivity contribution < 1.29 is 4.79 Å². The van der Waals surface area contributed by atoms with Gasteiger partial charge < -0.3 is 5.32 Å². The molecule has 1 amide bonds. The molecule has 0 aliphatic carbocycles. The molecule has 0 bridgehead atoms. The number of benzene rings is 1. The van der Waals surface area contributed by atoms with E-state index < -0.39 is 0 Å². The molecule has 19 heavy (non-hydrogen) atoms. The molecule has 1 N–H and O–H groups in total. The number of thiophene rings is 1. The van der Waals surface area contributed by atoms with Gasteiger partial charge in [0.2, 0.25) is 0 Å². The van der Waals surface area contributed by atoms with E-state index in [4.69, 9.17) is 11.6 Å². The van der Waals surface area contributed by atoms with Crippen LogP contribution in [0.15, 0.2) is 38.6 Å². The van der Waals surface area contributed by atoms with Gasteiger partial charge in [0.15, 0.2) is 0 Å². The molecule has 100 valence electrons. The fourth-order valence-corrected chi connectivity index (χ4v) is 3.60. The molecule has 2 nitrogen and oxygen atoms in total. The van der Waals surface area contributed by atoms with Gasteiger partial charge in [0.25, 0.3) is 5.91 Å². The molecule has 0 radical (unpaired) electrons. The quantitative estimate of drug-likeness (QED) is 0.745. The molecule has 0 atom stereocenters. The van der Waals surface area contributed by atoms with E-state index in [-0.39, 0.29) is 5.91 Å². The van der Waals surface area contributed by atoms with Crippen LogP contribution in [-0.2, 0) is 6.42 Å². The zero-order valence-electron chi connectivity index (χ0n) is 9.75. The molecule has 1 aromatic heterocycles. The van der Waals surface area contributed by atoms with Crippen LogP contribution in [0.4, 0.5) is 0 Å². The fourth-order valence-electron chi connectivity index (χ4n) is 1.55. The van der Waals surface area contributed by atoms with Crippen LogP contribution in [0.25, 0.3) is 0 Å². The lowest BCUT2D eigenvalue weighted by Gasteiger charge is -2.06. The van der Waals surface area contributed by atoms with Crippen LogP contribution >= 0.6 is 54.8 Å². The van der Waals surface area contributed by atoms with E-state index in [2.05, 4.69) is 37.2 Å². The maximum atomic E-state index is 12.0. The molecular weight excluding hydrogens is 413 g/mol. The number of carbonyl (C=O) groups excluding carboxylic acids is 1. The van der Waals surface area contributed by atoms with Crippen LogP contribution in [0.5, 0.6) is 0 Å². The Hall–Kier alpha value is -0.360. The van der Waals surface area contributed by atoms with E-state index in [9.17, 15) is 4.79 Å². The van der Waals surface area contributed by atoms with Crippen LogP contribution in [0, 0.1) is 0 Å². The van der Waals surface area contributed by atoms with Gasteiger partial charge >= 0.3 is 0 Å². The van der Waals surface area contributed by atoms with Crippen LogP contribution in [0.1, 0.15) is 15.2 Å². The third-order valence-corrected chi connectivity index (χ3v) is 4.97. The number of hydrogen-bond acceptors (Lipinski definition) is 2. The van der Waals surface area contributed by atoms with Gasteiger partial charge in [0.1, 0.15) is 0 Å². The predicted molar refractivity (Wildman–Crippen MR) is 87.2 cm³/mol. The Kier molecular flexibility index (Phi) is 5.45. The predicted octanol–water partition coefficient (Wildman–Crippen LogP) is 4.90. The molecule has 0 fully saturated rings. The molecular formula is C13H10Br2ClNOS. The lowest BCUT2D eigenvalue weighted by atomic mass is 10.2. The summed E-state index contributed by atoms with van der Waals surface area (Å²) in [6.45, 7) is 0.592. The molecule has 2 aromatic rings. The monoisotopic (exact) mass is 421 g/mol. The Balaban J connectivity index is 1.92. The summed E-state index contributed by atoms with van der Waals surface area (Å²) in [4.78, 5) is 13.2. The van der Waals surface area contributed by atoms with Crippen LogP contribution in [-0.4, -0.2) is 12.5 Å². The minimum atomic E-state index is -0.151. The first kappa shape index (κ1) is 15.0. The largest absolute Gasteiger partial charge is 0.352 e. The van der Waals surface area contributed by atoms with Crippen molar-refractivity contribution in [1.29, 1.82) is 0 Å². The molecule has 6 heteroatoms. The van der Waals surface area contributed by atoms with Crippen molar-refractivity contribution in [2.45, 2.75) is 6.42 Å². The molecule has 0 unspecified atom stereocenters. The molecule has 0 saturated carbocycles. The van der Waals surface area contributed by atoms with E-state index in [1.165, 1.54) is 4.88 Å². The van der Waals surface area contributed by atoms with Crippen LogP contribution in [0.2, 0.25) is 5.02 Å². The number of carbonyl (C=O) groups is 1. The summed E-state index contributed by atoms with van der Waals surface area (Å²) in [5.41, 5.74) is 0.489. The van der Waals surface area contributed by atoms with Gasteiger partial charge in [-0.25, -0.2) is 0 Å². The minimum Gasteiger partial charge on any atom is -0.352 e. The third kappa shape index (κ3) is 4.31. The smallest absolute Gasteiger partial charge is 0.252 e. The van der Waals surface area contributed by atoms with Crippen molar-refractivity contribution in [3.05, 3.63) is 54.1 Å². The topological polar surface area (TPSA) is 29.1 Å². The summed E-state index contributed by atoms with van der Waals surface area (Å²) < 4.78 is 1.94. The van der Waals surface area contributed by atoms with E-state index in [1.54, 1.807) is 23.5 Å². The number of nitrogens with one attached hydrogen (secondary N) is 1. The summed E-state index contributed by atoms with van der Waals surface area (Å²) in [7, 11) is 0. The third-order valence-electron chi connectivity index (χ3n) is 2.46. The van der Waals surface area contributed by atoms with Gasteiger partial charge in [0.05, 0.1) is 14.4 Å². The molecule has 1 aromatic carbocycles. The van der Waals surface area contributed by atoms with Gasteiger partial charge in [-0.2, -0.15) is 0 Å². The highest BCUT2D eigenvalue weighted by Crippen LogP contribution is 2.23. The van der Waals surface area contributed by atoms with Crippen molar-refractivity contribution in [3.8, 4) is 0 Å². The van der Waals surface area contributed by atoms with Crippen molar-refractivity contribution >= 4 is 60.7 Å². The highest BCUT2D eigenvalue weighted by Gasteiger charge is 2.10. The number of amides is 1. The van der Waals surface area contributed by atoms with Gasteiger partial charge in [0, 0.05) is 15.9 Å². The summed E-state index contributed by atoms with van der Waals surface area (Å²) in [5, 5.41) is 3.33. The Morgan fingerprint density at radius 1 is 1.26 bits per heavy atom. The Morgan fingerprint density at radius 3 is 2.74 bits per heavy atom. The van der Waals surface area contributed by atoms with E-state index in [0.717, 1.165) is 14.7 Å². The molecule has 0 aliphatic rings. The van der Waals surface area contributed by atoms with E-state index >= 15 is 0 Å². The maximum Gasteiger partial charge on any atom is 0.252 e. The first-order valence-corrected chi connectivity index (χ1v) is 8.32. The molecule has 1 heterocycles. The zero-order valence-corrected chi connectivity index (χ0v) is 14.5. The second kappa shape index (κ2) is 6.88. The van der Waals surface area contributed by atoms with Crippen molar-refractivity contribution in [3.63, 3.8) is 0 Å². The second-order valence-electron chi connectivity index (χ2n) is 3.84. The molecule has 2 rings (SSSR count). The van der Waals surface area contributed by atoms with Crippen molar-refractivity contribution in [2.75, 3.05) is 6.54 Å². The lowest BCUT2D eigenvalue weighted by molar-refractivity contribution is 0.0954. The summed E-state index contributed by atoms with van der Waals surface area (Å²) in [5.74, 6) is -0.151. The first-order valence-electron chi connectivity index (χ1n) is 5.54. The fraction of sp³-hybridized carbons (Fsp3) is 0.154. The average Bonchev–Trinajstić information content (AvgIpc) is 2.78. The molecule has 0 saturated heterocycles. The second-order valence-corrected chi connectivity index (χ2v) is 7.71. The maximum absolute atomic E-state index is 12.0. The average molecular weight is 424 g/mol. The zero-order chi connectivity index (χ0) is 13.8. The van der Waals surface area contributed by atoms with Crippen LogP contribution < -0.4 is 5.32 Å². The number of hydrogen-bond donors (Lipinski definition) is 1. The lowest BCUT2D eigenvalue weighted by Crippen LogP contribution is -2.25. The first-order chi connectivity index (χ1) is 9.06. The Labute approximate surface area is 137 Å². The highest BCUT2D eigenvalue weighted by atomic mass is 79.9. The molecule has 0 spiro atoms. The summed E-state index contributed by atoms with van der Waals surface area (Å²) in [6.07, 6.45) is 0.813. The van der Waals surface area contributed by atoms with E-state index in [1.807, 2.05) is 18.2 Å². The van der Waals surface area contributed by atoms with Gasteiger partial charge in [-0.05, 0) is 52.7 Å². The highest BCUT2D eigenvalue weighted by molar-refractivity contribution is 9.11. The SMILES string of the molecule is O=C(NCCc1ccc(Br)s1)c1cc(Br)ccc1Cl. The van der Waals surface area contributed by atoms with Gasteiger partial charge in [-0.15, -0.1) is 11.3 Å². The van der Waals surface area contributed by atoms with Crippen LogP contribution in [0.3, 0.4) is 0 Å². The standard InChI is InChI=1S/C13H10Br2ClNOS/c14-8-1-3-11(16)10(7-8)13(18)17-6-5-9-2-4-12(15)19-9/h1-4,7H,5-6H2,(H,17,18). The Morgan fingerprint density at radius 2 is 2.05 bits per heavy atom. The van der Waals surface area contributed by atoms with E-state index in [0.29, 0.717) is 17.1 Å². The van der Waals surface area contributed by atoms with Crippen molar-refractivity contribution in [1.82, 2.24) is 5.32 Å². The molecule has 0 aliphatic heterocycles. The summed E-state index contributed by atoms with van der Waals surface area (Å²) in [6, 6.07) is 9.29. The van der Waals surface area contributed by atoms with Crippen molar-refractivity contribution in [2.24, 2.45) is 0 Å². The normalized spacial score (nSPS) is 10.5.